The minimum atomic E-state index is -0.818. The predicted molar refractivity (Wildman–Crippen MR) is 85.5 cm³/mol. The molecular formula is C17H21N3O3. The van der Waals surface area contributed by atoms with Crippen molar-refractivity contribution >= 4 is 5.91 Å². The number of rotatable bonds is 5. The average Bonchev–Trinajstić information content (AvgIpc) is 3.03. The second kappa shape index (κ2) is 6.83. The molecular weight excluding hydrogens is 294 g/mol. The van der Waals surface area contributed by atoms with Crippen molar-refractivity contribution in [2.75, 3.05) is 13.7 Å². The molecule has 2 heterocycles. The lowest BCUT2D eigenvalue weighted by atomic mass is 10.1. The number of amides is 1. The average molecular weight is 315 g/mol. The Morgan fingerprint density at radius 3 is 3.09 bits per heavy atom. The lowest BCUT2D eigenvalue weighted by Gasteiger charge is -2.16. The number of hydrogen-bond donors (Lipinski definition) is 2. The van der Waals surface area contributed by atoms with Crippen LogP contribution in [0.4, 0.5) is 0 Å². The van der Waals surface area contributed by atoms with E-state index in [1.54, 1.807) is 25.4 Å². The molecule has 0 radical (unpaired) electrons. The Morgan fingerprint density at radius 2 is 2.26 bits per heavy atom. The van der Waals surface area contributed by atoms with Gasteiger partial charge in [0.1, 0.15) is 5.75 Å². The number of benzene rings is 1. The number of ether oxygens (including phenoxy) is 1. The van der Waals surface area contributed by atoms with Crippen LogP contribution < -0.4 is 10.1 Å². The third-order valence-electron chi connectivity index (χ3n) is 4.18. The van der Waals surface area contributed by atoms with Gasteiger partial charge in [0.05, 0.1) is 30.7 Å². The van der Waals surface area contributed by atoms with E-state index in [0.717, 1.165) is 31.5 Å². The predicted octanol–water partition coefficient (Wildman–Crippen LogP) is 1.69. The zero-order valence-electron chi connectivity index (χ0n) is 13.2. The van der Waals surface area contributed by atoms with Crippen molar-refractivity contribution in [1.29, 1.82) is 0 Å². The summed E-state index contributed by atoms with van der Waals surface area (Å²) in [5.74, 6) is 0.416. The Labute approximate surface area is 135 Å². The highest BCUT2D eigenvalue weighted by atomic mass is 16.5. The van der Waals surface area contributed by atoms with Crippen molar-refractivity contribution < 1.29 is 14.6 Å². The van der Waals surface area contributed by atoms with Gasteiger partial charge in [-0.05, 0) is 25.3 Å². The van der Waals surface area contributed by atoms with Crippen LogP contribution in [0.1, 0.15) is 40.6 Å². The van der Waals surface area contributed by atoms with Gasteiger partial charge in [-0.3, -0.25) is 9.48 Å². The molecule has 122 valence electrons. The molecule has 3 rings (SSSR count). The first-order chi connectivity index (χ1) is 11.2. The van der Waals surface area contributed by atoms with Gasteiger partial charge in [-0.25, -0.2) is 0 Å². The zero-order chi connectivity index (χ0) is 16.2. The summed E-state index contributed by atoms with van der Waals surface area (Å²) >= 11 is 0. The molecule has 6 heteroatoms. The van der Waals surface area contributed by atoms with Crippen molar-refractivity contribution in [2.45, 2.75) is 31.9 Å². The van der Waals surface area contributed by atoms with Crippen molar-refractivity contribution in [3.8, 4) is 5.75 Å². The molecule has 0 spiro atoms. The largest absolute Gasteiger partial charge is 0.496 e. The van der Waals surface area contributed by atoms with Gasteiger partial charge in [0.25, 0.3) is 5.91 Å². The minimum Gasteiger partial charge on any atom is -0.496 e. The molecule has 1 amide bonds. The van der Waals surface area contributed by atoms with Gasteiger partial charge in [0.15, 0.2) is 0 Å². The molecule has 1 atom stereocenters. The highest BCUT2D eigenvalue weighted by Crippen LogP contribution is 2.24. The number of methoxy groups -OCH3 is 1. The maximum absolute atomic E-state index is 12.4. The Balaban J connectivity index is 1.66. The van der Waals surface area contributed by atoms with Crippen LogP contribution in [0.15, 0.2) is 30.5 Å². The van der Waals surface area contributed by atoms with Gasteiger partial charge in [-0.2, -0.15) is 5.10 Å². The van der Waals surface area contributed by atoms with Crippen LogP contribution in [0.25, 0.3) is 0 Å². The van der Waals surface area contributed by atoms with Crippen LogP contribution >= 0.6 is 0 Å². The topological polar surface area (TPSA) is 76.4 Å². The van der Waals surface area contributed by atoms with E-state index in [1.807, 2.05) is 16.8 Å². The number of nitrogens with zero attached hydrogens (tertiary/aromatic N) is 2. The molecule has 1 aromatic carbocycles. The van der Waals surface area contributed by atoms with E-state index >= 15 is 0 Å². The lowest BCUT2D eigenvalue weighted by molar-refractivity contribution is 0.0913. The summed E-state index contributed by atoms with van der Waals surface area (Å²) in [6.07, 6.45) is 3.85. The number of hydrogen-bond acceptors (Lipinski definition) is 4. The summed E-state index contributed by atoms with van der Waals surface area (Å²) in [7, 11) is 1.56. The lowest BCUT2D eigenvalue weighted by Crippen LogP contribution is -2.29. The van der Waals surface area contributed by atoms with Gasteiger partial charge in [0, 0.05) is 18.7 Å². The molecule has 0 fully saturated rings. The fourth-order valence-corrected chi connectivity index (χ4v) is 2.95. The first-order valence-electron chi connectivity index (χ1n) is 7.84. The van der Waals surface area contributed by atoms with E-state index in [0.29, 0.717) is 16.9 Å². The molecule has 1 aliphatic heterocycles. The Bertz CT molecular complexity index is 696. The van der Waals surface area contributed by atoms with Gasteiger partial charge < -0.3 is 15.2 Å². The molecule has 1 aliphatic rings. The highest BCUT2D eigenvalue weighted by Gasteiger charge is 2.21. The molecule has 0 saturated heterocycles. The standard InChI is InChI=1S/C17H21N3O3/c1-23-16-8-3-2-6-12(16)15(21)11-18-17(22)13-10-19-20-9-5-4-7-14(13)20/h2-3,6,8,10,15,21H,4-5,7,9,11H2,1H3,(H,18,22). The number of carbonyl (C=O) groups is 1. The van der Waals surface area contributed by atoms with Gasteiger partial charge in [0.2, 0.25) is 0 Å². The van der Waals surface area contributed by atoms with Gasteiger partial charge in [-0.15, -0.1) is 0 Å². The first kappa shape index (κ1) is 15.6. The van der Waals surface area contributed by atoms with Crippen molar-refractivity contribution in [1.82, 2.24) is 15.1 Å². The van der Waals surface area contributed by atoms with E-state index in [2.05, 4.69) is 10.4 Å². The minimum absolute atomic E-state index is 0.129. The van der Waals surface area contributed by atoms with Crippen molar-refractivity contribution in [3.63, 3.8) is 0 Å². The maximum atomic E-state index is 12.4. The number of fused-ring (bicyclic) bond motifs is 1. The Kier molecular flexibility index (Phi) is 4.62. The Morgan fingerprint density at radius 1 is 1.43 bits per heavy atom. The van der Waals surface area contributed by atoms with Crippen LogP contribution in [0.3, 0.4) is 0 Å². The fraction of sp³-hybridized carbons (Fsp3) is 0.412. The number of carbonyl (C=O) groups excluding carboxylic acids is 1. The van der Waals surface area contributed by atoms with Crippen LogP contribution in [-0.4, -0.2) is 34.4 Å². The molecule has 0 aliphatic carbocycles. The van der Waals surface area contributed by atoms with Crippen LogP contribution in [0, 0.1) is 0 Å². The second-order valence-corrected chi connectivity index (χ2v) is 5.65. The number of aryl methyl sites for hydroxylation is 1. The fourth-order valence-electron chi connectivity index (χ4n) is 2.95. The van der Waals surface area contributed by atoms with E-state index < -0.39 is 6.10 Å². The van der Waals surface area contributed by atoms with Gasteiger partial charge in [-0.1, -0.05) is 18.2 Å². The monoisotopic (exact) mass is 315 g/mol. The van der Waals surface area contributed by atoms with E-state index in [-0.39, 0.29) is 12.5 Å². The quantitative estimate of drug-likeness (QED) is 0.880. The molecule has 1 unspecified atom stereocenters. The molecule has 0 bridgehead atoms. The van der Waals surface area contributed by atoms with E-state index in [1.165, 1.54) is 0 Å². The molecule has 23 heavy (non-hydrogen) atoms. The normalized spacial score (nSPS) is 14.9. The molecule has 1 aromatic heterocycles. The molecule has 2 aromatic rings. The molecule has 2 N–H and O–H groups in total. The van der Waals surface area contributed by atoms with Crippen LogP contribution in [0.5, 0.6) is 5.75 Å². The van der Waals surface area contributed by atoms with Crippen LogP contribution in [0.2, 0.25) is 0 Å². The SMILES string of the molecule is COc1ccccc1C(O)CNC(=O)c1cnn2c1CCCC2. The number of para-hydroxylation sites is 1. The second-order valence-electron chi connectivity index (χ2n) is 5.65. The molecule has 0 saturated carbocycles. The maximum Gasteiger partial charge on any atom is 0.254 e. The highest BCUT2D eigenvalue weighted by molar-refractivity contribution is 5.95. The van der Waals surface area contributed by atoms with E-state index in [4.69, 9.17) is 4.74 Å². The number of aliphatic hydroxyl groups excluding tert-OH is 1. The first-order valence-corrected chi connectivity index (χ1v) is 7.84. The summed E-state index contributed by atoms with van der Waals surface area (Å²) in [6.45, 7) is 0.996. The number of aliphatic hydroxyl groups is 1. The third kappa shape index (κ3) is 3.22. The van der Waals surface area contributed by atoms with E-state index in [9.17, 15) is 9.90 Å². The summed E-state index contributed by atoms with van der Waals surface area (Å²) in [5, 5.41) is 17.4. The third-order valence-corrected chi connectivity index (χ3v) is 4.18. The van der Waals surface area contributed by atoms with Crippen LogP contribution in [-0.2, 0) is 13.0 Å². The number of aromatic nitrogens is 2. The summed E-state index contributed by atoms with van der Waals surface area (Å²) in [5.41, 5.74) is 2.25. The Hall–Kier alpha value is -2.34. The summed E-state index contributed by atoms with van der Waals surface area (Å²) in [6, 6.07) is 7.25. The van der Waals surface area contributed by atoms with Crippen molar-refractivity contribution in [3.05, 3.63) is 47.3 Å². The summed E-state index contributed by atoms with van der Waals surface area (Å²) in [4.78, 5) is 12.4. The smallest absolute Gasteiger partial charge is 0.254 e. The van der Waals surface area contributed by atoms with Crippen molar-refractivity contribution in [2.24, 2.45) is 0 Å². The molecule has 6 nitrogen and oxygen atoms in total. The number of nitrogens with one attached hydrogen (secondary N) is 1. The van der Waals surface area contributed by atoms with Gasteiger partial charge >= 0.3 is 0 Å². The zero-order valence-corrected chi connectivity index (χ0v) is 13.2. The summed E-state index contributed by atoms with van der Waals surface area (Å²) < 4.78 is 7.13.